The number of hydrogen-bond acceptors (Lipinski definition) is 5. The molecule has 0 aromatic heterocycles. The molecule has 2 aromatic carbocycles. The Morgan fingerprint density at radius 2 is 1.56 bits per heavy atom. The highest BCUT2D eigenvalue weighted by Gasteiger charge is 2.34. The first-order valence-electron chi connectivity index (χ1n) is 11.2. The van der Waals surface area contributed by atoms with E-state index in [0.29, 0.717) is 23.4 Å². The maximum absolute atomic E-state index is 13.0. The zero-order valence-electron chi connectivity index (χ0n) is 18.9. The number of benzene rings is 2. The number of anilines is 1. The van der Waals surface area contributed by atoms with E-state index in [-0.39, 0.29) is 17.2 Å². The van der Waals surface area contributed by atoms with Gasteiger partial charge in [0.2, 0.25) is 0 Å². The summed E-state index contributed by atoms with van der Waals surface area (Å²) in [7, 11) is 0. The van der Waals surface area contributed by atoms with E-state index in [1.165, 1.54) is 6.07 Å². The summed E-state index contributed by atoms with van der Waals surface area (Å²) in [4.78, 5) is 37.7. The summed E-state index contributed by atoms with van der Waals surface area (Å²) in [6.07, 6.45) is 2.80. The van der Waals surface area contributed by atoms with Crippen molar-refractivity contribution in [1.29, 1.82) is 0 Å². The number of hydrogen-bond donors (Lipinski definition) is 1. The van der Waals surface area contributed by atoms with Gasteiger partial charge in [-0.2, -0.15) is 0 Å². The molecule has 0 radical (unpaired) electrons. The van der Waals surface area contributed by atoms with Crippen molar-refractivity contribution in [3.8, 4) is 0 Å². The zero-order valence-corrected chi connectivity index (χ0v) is 18.9. The maximum atomic E-state index is 13.0. The fourth-order valence-corrected chi connectivity index (χ4v) is 4.22. The second-order valence-electron chi connectivity index (χ2n) is 8.81. The summed E-state index contributed by atoms with van der Waals surface area (Å²) in [5.74, 6) is -0.527. The summed E-state index contributed by atoms with van der Waals surface area (Å²) in [6.45, 7) is 6.01. The molecule has 6 nitrogen and oxygen atoms in total. The van der Waals surface area contributed by atoms with Gasteiger partial charge in [0.05, 0.1) is 11.1 Å². The van der Waals surface area contributed by atoms with E-state index in [0.717, 1.165) is 19.3 Å². The molecule has 3 atom stereocenters. The summed E-state index contributed by atoms with van der Waals surface area (Å²) in [5, 5.41) is 2.65. The molecular formula is C26H31NO5. The highest BCUT2D eigenvalue weighted by molar-refractivity contribution is 6.04. The molecule has 1 amide bonds. The van der Waals surface area contributed by atoms with Gasteiger partial charge in [-0.25, -0.2) is 9.59 Å². The van der Waals surface area contributed by atoms with Crippen LogP contribution in [-0.2, 0) is 14.3 Å². The van der Waals surface area contributed by atoms with E-state index in [2.05, 4.69) is 26.1 Å². The topological polar surface area (TPSA) is 81.7 Å². The van der Waals surface area contributed by atoms with E-state index in [1.807, 2.05) is 6.07 Å². The third-order valence-corrected chi connectivity index (χ3v) is 5.98. The number of para-hydroxylation sites is 1. The van der Waals surface area contributed by atoms with Crippen LogP contribution >= 0.6 is 0 Å². The summed E-state index contributed by atoms with van der Waals surface area (Å²) in [6, 6.07) is 15.3. The number of nitrogens with one attached hydrogen (secondary N) is 1. The minimum atomic E-state index is -0.738. The monoisotopic (exact) mass is 437 g/mol. The molecule has 3 rings (SSSR count). The van der Waals surface area contributed by atoms with Gasteiger partial charge in [-0.05, 0) is 54.9 Å². The first kappa shape index (κ1) is 23.5. The summed E-state index contributed by atoms with van der Waals surface area (Å²) in [5.41, 5.74) is 0.857. The number of rotatable bonds is 7. The van der Waals surface area contributed by atoms with Crippen LogP contribution in [0.3, 0.4) is 0 Å². The zero-order chi connectivity index (χ0) is 23.1. The van der Waals surface area contributed by atoms with E-state index in [9.17, 15) is 14.4 Å². The van der Waals surface area contributed by atoms with Gasteiger partial charge in [-0.15, -0.1) is 0 Å². The van der Waals surface area contributed by atoms with Crippen LogP contribution in [0.5, 0.6) is 0 Å². The van der Waals surface area contributed by atoms with Crippen molar-refractivity contribution in [1.82, 2.24) is 0 Å². The quantitative estimate of drug-likeness (QED) is 0.610. The number of carbonyl (C=O) groups is 3. The third kappa shape index (κ3) is 6.19. The Kier molecular flexibility index (Phi) is 8.03. The van der Waals surface area contributed by atoms with E-state index < -0.39 is 24.5 Å². The molecule has 0 bridgehead atoms. The number of esters is 2. The molecule has 1 aliphatic rings. The smallest absolute Gasteiger partial charge is 0.339 e. The van der Waals surface area contributed by atoms with Gasteiger partial charge in [0.25, 0.3) is 5.91 Å². The highest BCUT2D eigenvalue weighted by Crippen LogP contribution is 2.35. The van der Waals surface area contributed by atoms with Crippen molar-refractivity contribution in [2.75, 3.05) is 11.9 Å². The van der Waals surface area contributed by atoms with Gasteiger partial charge in [0.1, 0.15) is 6.10 Å². The average molecular weight is 438 g/mol. The normalized spacial score (nSPS) is 20.4. The molecule has 6 heteroatoms. The molecule has 0 aliphatic heterocycles. The van der Waals surface area contributed by atoms with Crippen LogP contribution in [0.2, 0.25) is 0 Å². The van der Waals surface area contributed by atoms with E-state index in [4.69, 9.17) is 9.47 Å². The Labute approximate surface area is 189 Å². The lowest BCUT2D eigenvalue weighted by Crippen LogP contribution is -2.36. The van der Waals surface area contributed by atoms with Crippen LogP contribution in [-0.4, -0.2) is 30.6 Å². The molecule has 170 valence electrons. The van der Waals surface area contributed by atoms with Crippen molar-refractivity contribution < 1.29 is 23.9 Å². The number of carbonyl (C=O) groups excluding carboxylic acids is 3. The Balaban J connectivity index is 1.64. The Morgan fingerprint density at radius 1 is 0.938 bits per heavy atom. The van der Waals surface area contributed by atoms with Crippen molar-refractivity contribution >= 4 is 23.5 Å². The predicted octanol–water partition coefficient (Wildman–Crippen LogP) is 5.10. The summed E-state index contributed by atoms with van der Waals surface area (Å²) < 4.78 is 11.1. The molecule has 1 aliphatic carbocycles. The van der Waals surface area contributed by atoms with Gasteiger partial charge in [-0.3, -0.25) is 4.79 Å². The minimum Gasteiger partial charge on any atom is -0.458 e. The van der Waals surface area contributed by atoms with Gasteiger partial charge in [-0.1, -0.05) is 57.5 Å². The maximum Gasteiger partial charge on any atom is 0.339 e. The highest BCUT2D eigenvalue weighted by atomic mass is 16.5. The van der Waals surface area contributed by atoms with Gasteiger partial charge in [0.15, 0.2) is 6.61 Å². The average Bonchev–Trinajstić information content (AvgIpc) is 2.78. The lowest BCUT2D eigenvalue weighted by atomic mass is 9.75. The number of amides is 1. The standard InChI is InChI=1S/C26H31NO5/c1-17(2)20-14-13-18(3)15-23(20)32-26(30)22-12-8-7-11-21(22)25(29)31-16-24(28)27-19-9-5-4-6-10-19/h4-12,17-18,20,23H,13-16H2,1-3H3,(H,27,28)/t18-,20+,23+/m1/s1. The minimum absolute atomic E-state index is 0.0926. The van der Waals surface area contributed by atoms with Crippen LogP contribution < -0.4 is 5.32 Å². The van der Waals surface area contributed by atoms with Crippen LogP contribution in [0.1, 0.15) is 60.7 Å². The fraction of sp³-hybridized carbons (Fsp3) is 0.423. The molecule has 1 N–H and O–H groups in total. The third-order valence-electron chi connectivity index (χ3n) is 5.98. The lowest BCUT2D eigenvalue weighted by molar-refractivity contribution is -0.119. The molecular weight excluding hydrogens is 406 g/mol. The van der Waals surface area contributed by atoms with Crippen molar-refractivity contribution in [2.45, 2.75) is 46.1 Å². The molecule has 2 aromatic rings. The SMILES string of the molecule is CC(C)[C@@H]1CC[C@@H](C)C[C@@H]1OC(=O)c1ccccc1C(=O)OCC(=O)Nc1ccccc1. The fourth-order valence-electron chi connectivity index (χ4n) is 4.22. The largest absolute Gasteiger partial charge is 0.458 e. The van der Waals surface area contributed by atoms with Gasteiger partial charge < -0.3 is 14.8 Å². The molecule has 0 saturated heterocycles. The molecule has 0 heterocycles. The summed E-state index contributed by atoms with van der Waals surface area (Å²) >= 11 is 0. The Morgan fingerprint density at radius 3 is 2.22 bits per heavy atom. The molecule has 1 fully saturated rings. The predicted molar refractivity (Wildman–Crippen MR) is 122 cm³/mol. The first-order chi connectivity index (χ1) is 15.3. The number of ether oxygens (including phenoxy) is 2. The first-order valence-corrected chi connectivity index (χ1v) is 11.2. The van der Waals surface area contributed by atoms with Crippen LogP contribution in [0.15, 0.2) is 54.6 Å². The van der Waals surface area contributed by atoms with Crippen molar-refractivity contribution in [3.05, 3.63) is 65.7 Å². The van der Waals surface area contributed by atoms with Crippen LogP contribution in [0, 0.1) is 17.8 Å². The van der Waals surface area contributed by atoms with Crippen LogP contribution in [0.4, 0.5) is 5.69 Å². The Hall–Kier alpha value is -3.15. The molecule has 0 spiro atoms. The van der Waals surface area contributed by atoms with Crippen molar-refractivity contribution in [3.63, 3.8) is 0 Å². The van der Waals surface area contributed by atoms with Gasteiger partial charge in [0, 0.05) is 5.69 Å². The second-order valence-corrected chi connectivity index (χ2v) is 8.81. The van der Waals surface area contributed by atoms with Crippen molar-refractivity contribution in [2.24, 2.45) is 17.8 Å². The van der Waals surface area contributed by atoms with Gasteiger partial charge >= 0.3 is 11.9 Å². The molecule has 0 unspecified atom stereocenters. The molecule has 1 saturated carbocycles. The Bertz CT molecular complexity index is 940. The second kappa shape index (κ2) is 10.9. The lowest BCUT2D eigenvalue weighted by Gasteiger charge is -2.36. The van der Waals surface area contributed by atoms with E-state index >= 15 is 0 Å². The molecule has 32 heavy (non-hydrogen) atoms. The van der Waals surface area contributed by atoms with Crippen LogP contribution in [0.25, 0.3) is 0 Å². The van der Waals surface area contributed by atoms with E-state index in [1.54, 1.807) is 42.5 Å².